The summed E-state index contributed by atoms with van der Waals surface area (Å²) >= 11 is 0.811. The van der Waals surface area contributed by atoms with Crippen LogP contribution in [0.1, 0.15) is 19.5 Å². The van der Waals surface area contributed by atoms with Gasteiger partial charge in [-0.15, -0.1) is 0 Å². The minimum atomic E-state index is -3.83. The Bertz CT molecular complexity index is 539. The van der Waals surface area contributed by atoms with Crippen LogP contribution < -0.4 is 5.32 Å². The number of aryl methyl sites for hydroxylation is 1. The van der Waals surface area contributed by atoms with Crippen LogP contribution in [-0.4, -0.2) is 32.0 Å². The molecule has 0 atom stereocenters. The molecule has 0 aliphatic heterocycles. The average molecular weight is 313 g/mol. The Hall–Kier alpha value is -0.700. The number of halogens is 1. The summed E-state index contributed by atoms with van der Waals surface area (Å²) in [6.07, 6.45) is -0.0624. The molecule has 0 aromatic carbocycles. The number of ether oxygens (including phenoxy) is 1. The lowest BCUT2D eigenvalue weighted by molar-refractivity contribution is -0.121. The highest BCUT2D eigenvalue weighted by Crippen LogP contribution is 2.29. The third-order valence-corrected chi connectivity index (χ3v) is 5.02. The van der Waals surface area contributed by atoms with Crippen LogP contribution in [0.25, 0.3) is 0 Å². The van der Waals surface area contributed by atoms with Crippen molar-refractivity contribution < 1.29 is 17.9 Å². The van der Waals surface area contributed by atoms with E-state index >= 15 is 0 Å². The Morgan fingerprint density at radius 3 is 2.61 bits per heavy atom. The van der Waals surface area contributed by atoms with E-state index in [4.69, 9.17) is 15.4 Å². The lowest BCUT2D eigenvalue weighted by atomic mass is 10.5. The van der Waals surface area contributed by atoms with Crippen molar-refractivity contribution in [3.8, 4) is 0 Å². The molecule has 1 rings (SSSR count). The smallest absolute Gasteiger partial charge is 0.272 e. The van der Waals surface area contributed by atoms with Crippen molar-refractivity contribution in [1.29, 1.82) is 0 Å². The highest BCUT2D eigenvalue weighted by atomic mass is 35.7. The number of amides is 1. The minimum Gasteiger partial charge on any atom is -0.369 e. The maximum absolute atomic E-state index is 11.4. The third-order valence-electron chi connectivity index (χ3n) is 1.77. The molecule has 1 amide bonds. The number of carbonyl (C=O) groups is 1. The lowest BCUT2D eigenvalue weighted by Gasteiger charge is -2.06. The van der Waals surface area contributed by atoms with Crippen molar-refractivity contribution in [1.82, 2.24) is 4.98 Å². The fourth-order valence-electron chi connectivity index (χ4n) is 1.06. The van der Waals surface area contributed by atoms with Crippen LogP contribution in [0, 0.1) is 6.92 Å². The molecular weight excluding hydrogens is 300 g/mol. The molecule has 1 aromatic rings. The maximum atomic E-state index is 11.4. The largest absolute Gasteiger partial charge is 0.369 e. The van der Waals surface area contributed by atoms with Crippen molar-refractivity contribution in [3.63, 3.8) is 0 Å². The first kappa shape index (κ1) is 15.4. The number of rotatable bonds is 5. The van der Waals surface area contributed by atoms with E-state index in [9.17, 15) is 13.2 Å². The molecule has 6 nitrogen and oxygen atoms in total. The van der Waals surface area contributed by atoms with Crippen LogP contribution in [0.4, 0.5) is 5.13 Å². The molecule has 102 valence electrons. The van der Waals surface area contributed by atoms with Crippen molar-refractivity contribution in [2.24, 2.45) is 0 Å². The summed E-state index contributed by atoms with van der Waals surface area (Å²) in [6, 6.07) is 0. The Morgan fingerprint density at radius 2 is 2.17 bits per heavy atom. The topological polar surface area (TPSA) is 85.4 Å². The molecule has 0 aliphatic carbocycles. The molecule has 0 bridgehead atoms. The molecule has 0 saturated heterocycles. The van der Waals surface area contributed by atoms with Crippen LogP contribution >= 0.6 is 22.0 Å². The molecule has 9 heteroatoms. The zero-order chi connectivity index (χ0) is 13.9. The number of aromatic nitrogens is 1. The predicted octanol–water partition coefficient (Wildman–Crippen LogP) is 1.74. The number of nitrogens with zero attached hydrogens (tertiary/aromatic N) is 1. The fraction of sp³-hybridized carbons (Fsp3) is 0.556. The normalized spacial score (nSPS) is 11.8. The number of anilines is 1. The van der Waals surface area contributed by atoms with Crippen LogP contribution in [0.2, 0.25) is 0 Å². The highest BCUT2D eigenvalue weighted by Gasteiger charge is 2.20. The second kappa shape index (κ2) is 5.96. The highest BCUT2D eigenvalue weighted by molar-refractivity contribution is 8.15. The maximum Gasteiger partial charge on any atom is 0.272 e. The first-order valence-corrected chi connectivity index (χ1v) is 8.16. The minimum absolute atomic E-state index is 0.0624. The van der Waals surface area contributed by atoms with Gasteiger partial charge in [-0.05, 0) is 20.8 Å². The molecule has 0 aliphatic rings. The fourth-order valence-corrected chi connectivity index (χ4v) is 3.43. The Morgan fingerprint density at radius 1 is 1.56 bits per heavy atom. The van der Waals surface area contributed by atoms with Gasteiger partial charge in [-0.2, -0.15) is 0 Å². The Kier molecular flexibility index (Phi) is 5.09. The van der Waals surface area contributed by atoms with E-state index in [0.717, 1.165) is 11.3 Å². The molecule has 0 spiro atoms. The molecule has 0 unspecified atom stereocenters. The first-order valence-electron chi connectivity index (χ1n) is 5.03. The zero-order valence-electron chi connectivity index (χ0n) is 10.1. The molecular formula is C9H13ClN2O4S2. The predicted molar refractivity (Wildman–Crippen MR) is 69.6 cm³/mol. The van der Waals surface area contributed by atoms with E-state index in [-0.39, 0.29) is 27.7 Å². The monoisotopic (exact) mass is 312 g/mol. The number of hydrogen-bond donors (Lipinski definition) is 1. The van der Waals surface area contributed by atoms with Gasteiger partial charge >= 0.3 is 0 Å². The average Bonchev–Trinajstić information content (AvgIpc) is 2.56. The van der Waals surface area contributed by atoms with Crippen LogP contribution in [0.15, 0.2) is 4.21 Å². The van der Waals surface area contributed by atoms with E-state index in [0.29, 0.717) is 0 Å². The molecule has 1 aromatic heterocycles. The summed E-state index contributed by atoms with van der Waals surface area (Å²) in [5, 5.41) is 2.64. The summed E-state index contributed by atoms with van der Waals surface area (Å²) in [5.41, 5.74) is 0.259. The zero-order valence-corrected chi connectivity index (χ0v) is 12.4. The number of hydrogen-bond acceptors (Lipinski definition) is 6. The van der Waals surface area contributed by atoms with Gasteiger partial charge in [0, 0.05) is 10.7 Å². The van der Waals surface area contributed by atoms with Gasteiger partial charge < -0.3 is 4.74 Å². The van der Waals surface area contributed by atoms with Crippen molar-refractivity contribution in [2.45, 2.75) is 31.1 Å². The van der Waals surface area contributed by atoms with Gasteiger partial charge in [0.2, 0.25) is 0 Å². The van der Waals surface area contributed by atoms with Gasteiger partial charge in [0.15, 0.2) is 9.34 Å². The second-order valence-corrected chi connectivity index (χ2v) is 7.50. The van der Waals surface area contributed by atoms with E-state index in [1.54, 1.807) is 13.8 Å². The van der Waals surface area contributed by atoms with Gasteiger partial charge in [0.05, 0.1) is 11.8 Å². The molecule has 0 radical (unpaired) electrons. The molecule has 18 heavy (non-hydrogen) atoms. The second-order valence-electron chi connectivity index (χ2n) is 3.74. The molecule has 1 heterocycles. The summed E-state index contributed by atoms with van der Waals surface area (Å²) in [7, 11) is 1.39. The van der Waals surface area contributed by atoms with Crippen LogP contribution in [0.5, 0.6) is 0 Å². The van der Waals surface area contributed by atoms with Crippen molar-refractivity contribution >= 4 is 42.1 Å². The lowest BCUT2D eigenvalue weighted by Crippen LogP contribution is -2.20. The van der Waals surface area contributed by atoms with Gasteiger partial charge in [0.25, 0.3) is 15.0 Å². The van der Waals surface area contributed by atoms with Crippen molar-refractivity contribution in [3.05, 3.63) is 5.69 Å². The Labute approximate surface area is 114 Å². The van der Waals surface area contributed by atoms with Gasteiger partial charge in [-0.25, -0.2) is 13.4 Å². The van der Waals surface area contributed by atoms with E-state index in [1.807, 2.05) is 0 Å². The third kappa shape index (κ3) is 4.52. The van der Waals surface area contributed by atoms with Crippen LogP contribution in [0.3, 0.4) is 0 Å². The van der Waals surface area contributed by atoms with E-state index in [1.165, 1.54) is 6.92 Å². The summed E-state index contributed by atoms with van der Waals surface area (Å²) in [5.74, 6) is -0.393. The summed E-state index contributed by atoms with van der Waals surface area (Å²) < 4.78 is 27.4. The molecule has 0 saturated carbocycles. The van der Waals surface area contributed by atoms with Gasteiger partial charge in [-0.3, -0.25) is 10.1 Å². The SMILES string of the molecule is Cc1nc(NC(=O)COC(C)C)sc1S(=O)(=O)Cl. The Balaban J connectivity index is 2.73. The van der Waals surface area contributed by atoms with Crippen LogP contribution in [-0.2, 0) is 18.6 Å². The number of carbonyl (C=O) groups excluding carboxylic acids is 1. The summed E-state index contributed by atoms with van der Waals surface area (Å²) in [6.45, 7) is 5.00. The summed E-state index contributed by atoms with van der Waals surface area (Å²) in [4.78, 5) is 15.3. The number of nitrogens with one attached hydrogen (secondary N) is 1. The van der Waals surface area contributed by atoms with E-state index in [2.05, 4.69) is 10.3 Å². The first-order chi connectivity index (χ1) is 8.20. The quantitative estimate of drug-likeness (QED) is 0.837. The molecule has 1 N–H and O–H groups in total. The van der Waals surface area contributed by atoms with E-state index < -0.39 is 15.0 Å². The van der Waals surface area contributed by atoms with Crippen molar-refractivity contribution in [2.75, 3.05) is 11.9 Å². The van der Waals surface area contributed by atoms with Gasteiger partial charge in [0.1, 0.15) is 6.61 Å². The standard InChI is InChI=1S/C9H13ClN2O4S2/c1-5(2)16-4-7(13)12-9-11-6(3)8(17-9)18(10,14)15/h5H,4H2,1-3H3,(H,11,12,13). The van der Waals surface area contributed by atoms with Gasteiger partial charge in [-0.1, -0.05) is 11.3 Å². The molecule has 0 fully saturated rings. The number of thiazole rings is 1.